The highest BCUT2D eigenvalue weighted by Crippen LogP contribution is 2.17. The molecule has 1 aromatic rings. The van der Waals surface area contributed by atoms with Gasteiger partial charge < -0.3 is 10.1 Å². The molecule has 1 aromatic carbocycles. The number of methoxy groups -OCH3 is 1. The number of hydrogen-bond donors (Lipinski definition) is 2. The standard InChI is InChI=1S/C11H10N2O3/c1-16-8-4-2-7(3-5-8)12-9-6-10(14)13-11(9)15/h2-6H,1H3,(H2,12,13,14,15). The average molecular weight is 218 g/mol. The molecule has 1 aliphatic heterocycles. The Labute approximate surface area is 92.1 Å². The van der Waals surface area contributed by atoms with Crippen molar-refractivity contribution in [1.82, 2.24) is 5.32 Å². The van der Waals surface area contributed by atoms with Crippen LogP contribution in [0.1, 0.15) is 0 Å². The number of benzene rings is 1. The Kier molecular flexibility index (Phi) is 2.59. The van der Waals surface area contributed by atoms with Crippen LogP contribution in [0.5, 0.6) is 5.75 Å². The normalized spacial score (nSPS) is 14.4. The molecule has 0 aromatic heterocycles. The summed E-state index contributed by atoms with van der Waals surface area (Å²) in [6.07, 6.45) is 1.23. The van der Waals surface area contributed by atoms with Crippen LogP contribution in [0.25, 0.3) is 0 Å². The molecule has 1 aliphatic rings. The molecule has 0 spiro atoms. The van der Waals surface area contributed by atoms with E-state index >= 15 is 0 Å². The maximum Gasteiger partial charge on any atom is 0.274 e. The van der Waals surface area contributed by atoms with Gasteiger partial charge in [0.05, 0.1) is 7.11 Å². The molecule has 2 amide bonds. The molecule has 2 rings (SSSR count). The summed E-state index contributed by atoms with van der Waals surface area (Å²) in [6.45, 7) is 0. The lowest BCUT2D eigenvalue weighted by Crippen LogP contribution is -2.24. The average Bonchev–Trinajstić information content (AvgIpc) is 2.59. The van der Waals surface area contributed by atoms with Gasteiger partial charge in [0.15, 0.2) is 0 Å². The van der Waals surface area contributed by atoms with Crippen LogP contribution in [-0.2, 0) is 9.59 Å². The first kappa shape index (κ1) is 10.2. The van der Waals surface area contributed by atoms with Gasteiger partial charge in [0, 0.05) is 11.8 Å². The number of carbonyl (C=O) groups excluding carboxylic acids is 2. The number of hydrogen-bond acceptors (Lipinski definition) is 4. The Hall–Kier alpha value is -2.30. The lowest BCUT2D eigenvalue weighted by Gasteiger charge is -2.06. The smallest absolute Gasteiger partial charge is 0.274 e. The fourth-order valence-corrected chi connectivity index (χ4v) is 1.33. The Bertz CT molecular complexity index is 463. The van der Waals surface area contributed by atoms with Crippen molar-refractivity contribution in [2.45, 2.75) is 0 Å². The summed E-state index contributed by atoms with van der Waals surface area (Å²) in [5.41, 5.74) is 0.965. The van der Waals surface area contributed by atoms with Gasteiger partial charge in [0.25, 0.3) is 11.8 Å². The van der Waals surface area contributed by atoms with Crippen molar-refractivity contribution in [2.24, 2.45) is 0 Å². The molecule has 0 radical (unpaired) electrons. The highest BCUT2D eigenvalue weighted by atomic mass is 16.5. The quantitative estimate of drug-likeness (QED) is 0.731. The molecule has 0 saturated heterocycles. The zero-order valence-electron chi connectivity index (χ0n) is 8.61. The predicted molar refractivity (Wildman–Crippen MR) is 57.8 cm³/mol. The van der Waals surface area contributed by atoms with Crippen LogP contribution < -0.4 is 15.4 Å². The molecule has 0 aliphatic carbocycles. The minimum atomic E-state index is -0.416. The second-order valence-electron chi connectivity index (χ2n) is 3.23. The van der Waals surface area contributed by atoms with E-state index in [4.69, 9.17) is 4.74 Å². The third-order valence-corrected chi connectivity index (χ3v) is 2.13. The number of anilines is 1. The molecule has 0 unspecified atom stereocenters. The van der Waals surface area contributed by atoms with Crippen LogP contribution in [-0.4, -0.2) is 18.9 Å². The molecule has 5 heteroatoms. The van der Waals surface area contributed by atoms with Crippen molar-refractivity contribution >= 4 is 17.5 Å². The van der Waals surface area contributed by atoms with Gasteiger partial charge in [-0.1, -0.05) is 0 Å². The third kappa shape index (κ3) is 2.03. The van der Waals surface area contributed by atoms with Crippen LogP contribution >= 0.6 is 0 Å². The molecule has 0 saturated carbocycles. The summed E-state index contributed by atoms with van der Waals surface area (Å²) < 4.78 is 5.00. The highest BCUT2D eigenvalue weighted by Gasteiger charge is 2.20. The number of nitrogens with one attached hydrogen (secondary N) is 2. The molecular formula is C11H10N2O3. The zero-order chi connectivity index (χ0) is 11.5. The van der Waals surface area contributed by atoms with E-state index < -0.39 is 11.8 Å². The lowest BCUT2D eigenvalue weighted by molar-refractivity contribution is -0.123. The van der Waals surface area contributed by atoms with E-state index in [1.54, 1.807) is 31.4 Å². The van der Waals surface area contributed by atoms with Crippen LogP contribution in [0.4, 0.5) is 5.69 Å². The van der Waals surface area contributed by atoms with Crippen LogP contribution in [0.3, 0.4) is 0 Å². The number of amides is 2. The Morgan fingerprint density at radius 3 is 2.38 bits per heavy atom. The van der Waals surface area contributed by atoms with Gasteiger partial charge in [-0.2, -0.15) is 0 Å². The van der Waals surface area contributed by atoms with Crippen molar-refractivity contribution in [2.75, 3.05) is 12.4 Å². The Morgan fingerprint density at radius 1 is 1.19 bits per heavy atom. The molecule has 0 bridgehead atoms. The van der Waals surface area contributed by atoms with Gasteiger partial charge in [-0.25, -0.2) is 0 Å². The Morgan fingerprint density at radius 2 is 1.88 bits per heavy atom. The van der Waals surface area contributed by atoms with Gasteiger partial charge in [-0.3, -0.25) is 14.9 Å². The summed E-state index contributed by atoms with van der Waals surface area (Å²) >= 11 is 0. The number of rotatable bonds is 3. The molecule has 0 atom stereocenters. The predicted octanol–water partition coefficient (Wildman–Crippen LogP) is 0.647. The monoisotopic (exact) mass is 218 g/mol. The van der Waals surface area contributed by atoms with Crippen molar-refractivity contribution in [1.29, 1.82) is 0 Å². The number of ether oxygens (including phenoxy) is 1. The van der Waals surface area contributed by atoms with E-state index in [2.05, 4.69) is 10.6 Å². The second kappa shape index (κ2) is 4.06. The highest BCUT2D eigenvalue weighted by molar-refractivity contribution is 6.17. The van der Waals surface area contributed by atoms with E-state index in [1.807, 2.05) is 0 Å². The van der Waals surface area contributed by atoms with Crippen LogP contribution in [0.2, 0.25) is 0 Å². The largest absolute Gasteiger partial charge is 0.497 e. The van der Waals surface area contributed by atoms with Gasteiger partial charge in [-0.15, -0.1) is 0 Å². The molecule has 5 nitrogen and oxygen atoms in total. The second-order valence-corrected chi connectivity index (χ2v) is 3.23. The van der Waals surface area contributed by atoms with Gasteiger partial charge in [0.2, 0.25) is 0 Å². The van der Waals surface area contributed by atoms with E-state index in [0.29, 0.717) is 0 Å². The van der Waals surface area contributed by atoms with E-state index in [-0.39, 0.29) is 5.70 Å². The van der Waals surface area contributed by atoms with Crippen LogP contribution in [0.15, 0.2) is 36.0 Å². The topological polar surface area (TPSA) is 67.4 Å². The maximum atomic E-state index is 11.2. The zero-order valence-corrected chi connectivity index (χ0v) is 8.61. The summed E-state index contributed by atoms with van der Waals surface area (Å²) in [6, 6.07) is 7.04. The molecular weight excluding hydrogens is 208 g/mol. The summed E-state index contributed by atoms with van der Waals surface area (Å²) in [5, 5.41) is 5.00. The molecule has 0 fully saturated rings. The van der Waals surface area contributed by atoms with Crippen molar-refractivity contribution in [3.63, 3.8) is 0 Å². The molecule has 16 heavy (non-hydrogen) atoms. The fourth-order valence-electron chi connectivity index (χ4n) is 1.33. The van der Waals surface area contributed by atoms with E-state index in [1.165, 1.54) is 6.08 Å². The van der Waals surface area contributed by atoms with Crippen molar-refractivity contribution in [3.8, 4) is 5.75 Å². The molecule has 1 heterocycles. The molecule has 82 valence electrons. The molecule has 2 N–H and O–H groups in total. The van der Waals surface area contributed by atoms with E-state index in [9.17, 15) is 9.59 Å². The summed E-state index contributed by atoms with van der Waals surface area (Å²) in [4.78, 5) is 22.1. The third-order valence-electron chi connectivity index (χ3n) is 2.13. The summed E-state index contributed by atoms with van der Waals surface area (Å²) in [5.74, 6) is -0.0895. The first-order valence-electron chi connectivity index (χ1n) is 4.67. The van der Waals surface area contributed by atoms with Gasteiger partial charge in [-0.05, 0) is 24.3 Å². The fraction of sp³-hybridized carbons (Fsp3) is 0.0909. The van der Waals surface area contributed by atoms with Gasteiger partial charge >= 0.3 is 0 Å². The van der Waals surface area contributed by atoms with Crippen LogP contribution in [0, 0.1) is 0 Å². The number of carbonyl (C=O) groups is 2. The van der Waals surface area contributed by atoms with E-state index in [0.717, 1.165) is 11.4 Å². The lowest BCUT2D eigenvalue weighted by atomic mass is 10.3. The first-order valence-corrected chi connectivity index (χ1v) is 4.67. The summed E-state index contributed by atoms with van der Waals surface area (Å²) in [7, 11) is 1.58. The SMILES string of the molecule is COc1ccc(NC2=CC(=O)NC2=O)cc1. The maximum absolute atomic E-state index is 11.2. The van der Waals surface area contributed by atoms with Gasteiger partial charge in [0.1, 0.15) is 11.4 Å². The number of imide groups is 1. The van der Waals surface area contributed by atoms with Crippen molar-refractivity contribution < 1.29 is 14.3 Å². The minimum Gasteiger partial charge on any atom is -0.497 e. The first-order chi connectivity index (χ1) is 7.69. The minimum absolute atomic E-state index is 0.246. The van der Waals surface area contributed by atoms with Crippen molar-refractivity contribution in [3.05, 3.63) is 36.0 Å². The Balaban J connectivity index is 2.12.